The third-order valence-corrected chi connectivity index (χ3v) is 1.50. The number of allylic oxidation sites excluding steroid dienone is 1. The molecule has 0 spiro atoms. The van der Waals surface area contributed by atoms with Gasteiger partial charge in [0.05, 0.1) is 5.54 Å². The number of nitrogens with one attached hydrogen (secondary N) is 1. The molecular weight excluding hydrogens is 160 g/mol. The van der Waals surface area contributed by atoms with E-state index in [2.05, 4.69) is 44.9 Å². The fraction of sp³-hybridized carbons (Fsp3) is 0.727. The minimum Gasteiger partial charge on any atom is -0.381 e. The van der Waals surface area contributed by atoms with Crippen molar-refractivity contribution in [2.75, 3.05) is 6.54 Å². The molecule has 0 saturated carbocycles. The van der Waals surface area contributed by atoms with E-state index in [0.717, 1.165) is 13.0 Å². The van der Waals surface area contributed by atoms with Crippen LogP contribution in [0, 0.1) is 0 Å². The fourth-order valence-electron chi connectivity index (χ4n) is 0.789. The summed E-state index contributed by atoms with van der Waals surface area (Å²) < 4.78 is 0. The largest absolute Gasteiger partial charge is 0.381 e. The molecule has 0 aromatic rings. The number of aliphatic imine (C=N–C) groups is 1. The van der Waals surface area contributed by atoms with Gasteiger partial charge in [0.25, 0.3) is 0 Å². The summed E-state index contributed by atoms with van der Waals surface area (Å²) in [6.07, 6.45) is 5.11. The topological polar surface area (TPSA) is 24.4 Å². The second-order valence-corrected chi connectivity index (χ2v) is 4.12. The smallest absolute Gasteiger partial charge is 0.0660 e. The van der Waals surface area contributed by atoms with Gasteiger partial charge in [-0.15, -0.1) is 0 Å². The maximum absolute atomic E-state index is 4.32. The SMILES string of the molecule is CCCN=CC(C)(C)NC=C(C)C. The van der Waals surface area contributed by atoms with Crippen LogP contribution in [0.5, 0.6) is 0 Å². The highest BCUT2D eigenvalue weighted by molar-refractivity contribution is 5.69. The predicted octanol–water partition coefficient (Wildman–Crippen LogP) is 2.76. The standard InChI is InChI=1S/C11H22N2/c1-6-7-12-9-11(4,5)13-8-10(2)3/h8-9,13H,6-7H2,1-5H3. The van der Waals surface area contributed by atoms with E-state index in [1.807, 2.05) is 12.4 Å². The van der Waals surface area contributed by atoms with Crippen LogP contribution in [0.3, 0.4) is 0 Å². The Morgan fingerprint density at radius 3 is 2.46 bits per heavy atom. The van der Waals surface area contributed by atoms with Gasteiger partial charge in [-0.3, -0.25) is 4.99 Å². The van der Waals surface area contributed by atoms with Crippen molar-refractivity contribution in [2.24, 2.45) is 4.99 Å². The van der Waals surface area contributed by atoms with Gasteiger partial charge in [-0.05, 0) is 40.3 Å². The third kappa shape index (κ3) is 7.57. The molecule has 0 radical (unpaired) electrons. The molecule has 0 rings (SSSR count). The van der Waals surface area contributed by atoms with Crippen LogP contribution in [0.4, 0.5) is 0 Å². The van der Waals surface area contributed by atoms with E-state index >= 15 is 0 Å². The Hall–Kier alpha value is -0.790. The second-order valence-electron chi connectivity index (χ2n) is 4.12. The summed E-state index contributed by atoms with van der Waals surface area (Å²) in [6.45, 7) is 11.4. The summed E-state index contributed by atoms with van der Waals surface area (Å²) in [5.41, 5.74) is 1.24. The molecule has 0 aromatic carbocycles. The molecule has 2 heteroatoms. The van der Waals surface area contributed by atoms with Gasteiger partial charge >= 0.3 is 0 Å². The maximum atomic E-state index is 4.32. The molecule has 0 bridgehead atoms. The number of nitrogens with zero attached hydrogens (tertiary/aromatic N) is 1. The molecule has 0 fully saturated rings. The van der Waals surface area contributed by atoms with Crippen LogP contribution in [0.1, 0.15) is 41.0 Å². The molecule has 0 aliphatic heterocycles. The summed E-state index contributed by atoms with van der Waals surface area (Å²) in [7, 11) is 0. The number of hydrogen-bond donors (Lipinski definition) is 1. The fourth-order valence-corrected chi connectivity index (χ4v) is 0.789. The van der Waals surface area contributed by atoms with Crippen LogP contribution >= 0.6 is 0 Å². The summed E-state index contributed by atoms with van der Waals surface area (Å²) in [5.74, 6) is 0. The molecule has 76 valence electrons. The highest BCUT2D eigenvalue weighted by Crippen LogP contribution is 1.99. The van der Waals surface area contributed by atoms with Crippen LogP contribution in [0.15, 0.2) is 16.8 Å². The van der Waals surface area contributed by atoms with E-state index in [1.54, 1.807) is 0 Å². The molecule has 0 heterocycles. The van der Waals surface area contributed by atoms with Crippen molar-refractivity contribution in [3.8, 4) is 0 Å². The number of hydrogen-bond acceptors (Lipinski definition) is 2. The zero-order chi connectivity index (χ0) is 10.3. The lowest BCUT2D eigenvalue weighted by atomic mass is 10.1. The van der Waals surface area contributed by atoms with Gasteiger partial charge in [0.2, 0.25) is 0 Å². The first-order valence-electron chi connectivity index (χ1n) is 4.90. The highest BCUT2D eigenvalue weighted by Gasteiger charge is 2.10. The molecule has 0 aliphatic carbocycles. The first-order valence-corrected chi connectivity index (χ1v) is 4.90. The maximum Gasteiger partial charge on any atom is 0.0660 e. The molecule has 0 aliphatic rings. The Labute approximate surface area is 82.1 Å². The van der Waals surface area contributed by atoms with Gasteiger partial charge in [-0.25, -0.2) is 0 Å². The van der Waals surface area contributed by atoms with Crippen LogP contribution in [0.25, 0.3) is 0 Å². The van der Waals surface area contributed by atoms with Crippen molar-refractivity contribution in [3.63, 3.8) is 0 Å². The molecule has 13 heavy (non-hydrogen) atoms. The van der Waals surface area contributed by atoms with E-state index in [4.69, 9.17) is 0 Å². The minimum atomic E-state index is -0.0353. The van der Waals surface area contributed by atoms with Crippen molar-refractivity contribution in [2.45, 2.75) is 46.6 Å². The van der Waals surface area contributed by atoms with Crippen molar-refractivity contribution in [1.82, 2.24) is 5.32 Å². The van der Waals surface area contributed by atoms with Crippen molar-refractivity contribution >= 4 is 6.21 Å². The molecule has 0 saturated heterocycles. The molecular formula is C11H22N2. The van der Waals surface area contributed by atoms with Gasteiger partial charge in [0.1, 0.15) is 0 Å². The average molecular weight is 182 g/mol. The van der Waals surface area contributed by atoms with Crippen LogP contribution in [-0.4, -0.2) is 18.3 Å². The molecule has 0 amide bonds. The summed E-state index contributed by atoms with van der Waals surface area (Å²) in [4.78, 5) is 4.32. The van der Waals surface area contributed by atoms with E-state index in [0.29, 0.717) is 0 Å². The minimum absolute atomic E-state index is 0.0353. The van der Waals surface area contributed by atoms with Crippen molar-refractivity contribution in [1.29, 1.82) is 0 Å². The molecule has 0 unspecified atom stereocenters. The third-order valence-electron chi connectivity index (χ3n) is 1.50. The number of rotatable bonds is 5. The van der Waals surface area contributed by atoms with Gasteiger partial charge in [-0.2, -0.15) is 0 Å². The van der Waals surface area contributed by atoms with E-state index in [1.165, 1.54) is 5.57 Å². The predicted molar refractivity (Wildman–Crippen MR) is 60.3 cm³/mol. The first kappa shape index (κ1) is 12.2. The Bertz CT molecular complexity index is 186. The van der Waals surface area contributed by atoms with Crippen molar-refractivity contribution in [3.05, 3.63) is 11.8 Å². The summed E-state index contributed by atoms with van der Waals surface area (Å²) in [6, 6.07) is 0. The normalized spacial score (nSPS) is 11.8. The Morgan fingerprint density at radius 2 is 2.00 bits per heavy atom. The van der Waals surface area contributed by atoms with Crippen LogP contribution < -0.4 is 5.32 Å². The Kier molecular flexibility index (Phi) is 5.44. The van der Waals surface area contributed by atoms with Gasteiger partial charge in [0, 0.05) is 12.8 Å². The lowest BCUT2D eigenvalue weighted by Gasteiger charge is -2.20. The highest BCUT2D eigenvalue weighted by atomic mass is 14.9. The van der Waals surface area contributed by atoms with E-state index < -0.39 is 0 Å². The quantitative estimate of drug-likeness (QED) is 0.650. The monoisotopic (exact) mass is 182 g/mol. The Balaban J connectivity index is 4.00. The average Bonchev–Trinajstić information content (AvgIpc) is 2.02. The summed E-state index contributed by atoms with van der Waals surface area (Å²) in [5, 5.41) is 3.31. The molecule has 0 atom stereocenters. The first-order chi connectivity index (χ1) is 5.98. The zero-order valence-electron chi connectivity index (χ0n) is 9.52. The lowest BCUT2D eigenvalue weighted by Crippen LogP contribution is -2.37. The molecule has 0 aromatic heterocycles. The molecule has 1 N–H and O–H groups in total. The van der Waals surface area contributed by atoms with Gasteiger partial charge < -0.3 is 5.32 Å². The zero-order valence-corrected chi connectivity index (χ0v) is 9.52. The van der Waals surface area contributed by atoms with Crippen LogP contribution in [0.2, 0.25) is 0 Å². The Morgan fingerprint density at radius 1 is 1.38 bits per heavy atom. The van der Waals surface area contributed by atoms with E-state index in [-0.39, 0.29) is 5.54 Å². The van der Waals surface area contributed by atoms with Gasteiger partial charge in [-0.1, -0.05) is 12.5 Å². The second kappa shape index (κ2) is 5.79. The summed E-state index contributed by atoms with van der Waals surface area (Å²) >= 11 is 0. The van der Waals surface area contributed by atoms with E-state index in [9.17, 15) is 0 Å². The lowest BCUT2D eigenvalue weighted by molar-refractivity contribution is 0.598. The molecule has 2 nitrogen and oxygen atoms in total. The van der Waals surface area contributed by atoms with Gasteiger partial charge in [0.15, 0.2) is 0 Å². The van der Waals surface area contributed by atoms with Crippen molar-refractivity contribution < 1.29 is 0 Å². The van der Waals surface area contributed by atoms with Crippen LogP contribution in [-0.2, 0) is 0 Å².